The van der Waals surface area contributed by atoms with Gasteiger partial charge in [0.15, 0.2) is 0 Å². The summed E-state index contributed by atoms with van der Waals surface area (Å²) in [6.45, 7) is 0.645. The Morgan fingerprint density at radius 3 is 2.95 bits per heavy atom. The molecule has 0 radical (unpaired) electrons. The normalized spacial score (nSPS) is 10.3. The van der Waals surface area contributed by atoms with Crippen LogP contribution in [-0.4, -0.2) is 40.6 Å². The van der Waals surface area contributed by atoms with Crippen LogP contribution in [0.3, 0.4) is 0 Å². The van der Waals surface area contributed by atoms with Crippen molar-refractivity contribution in [2.24, 2.45) is 0 Å². The van der Waals surface area contributed by atoms with Crippen LogP contribution in [0.25, 0.3) is 0 Å². The number of H-pyrrole nitrogens is 1. The summed E-state index contributed by atoms with van der Waals surface area (Å²) >= 11 is 3.40. The van der Waals surface area contributed by atoms with Gasteiger partial charge in [-0.15, -0.1) is 0 Å². The summed E-state index contributed by atoms with van der Waals surface area (Å²) in [7, 11) is 3.42. The molecule has 0 aliphatic rings. The van der Waals surface area contributed by atoms with E-state index in [9.17, 15) is 4.79 Å². The summed E-state index contributed by atoms with van der Waals surface area (Å²) in [4.78, 5) is 28.2. The minimum atomic E-state index is -0.150. The lowest BCUT2D eigenvalue weighted by molar-refractivity contribution is 0.379. The molecule has 0 spiro atoms. The van der Waals surface area contributed by atoms with Crippen molar-refractivity contribution in [1.82, 2.24) is 19.9 Å². The molecule has 0 fully saturated rings. The van der Waals surface area contributed by atoms with Gasteiger partial charge in [0.2, 0.25) is 0 Å². The fraction of sp³-hybridized carbons (Fsp3) is 0.333. The second kappa shape index (κ2) is 6.47. The number of likely N-dealkylation sites (N-methyl/N-ethyl adjacent to an activating group) is 1. The van der Waals surface area contributed by atoms with E-state index in [-0.39, 0.29) is 5.56 Å². The van der Waals surface area contributed by atoms with Crippen molar-refractivity contribution in [3.63, 3.8) is 0 Å². The average molecular weight is 340 g/mol. The van der Waals surface area contributed by atoms with Crippen LogP contribution < -0.4 is 15.2 Å². The van der Waals surface area contributed by atoms with Gasteiger partial charge >= 0.3 is 6.01 Å². The maximum atomic E-state index is 11.2. The second-order valence-electron chi connectivity index (χ2n) is 4.08. The first kappa shape index (κ1) is 14.4. The summed E-state index contributed by atoms with van der Waals surface area (Å²) in [6, 6.07) is 1.69. The SMILES string of the molecule is COc1ncc(Br)c(N(C)CCc2nccc(=O)[nH]2)n1. The van der Waals surface area contributed by atoms with Gasteiger partial charge in [-0.2, -0.15) is 4.98 Å². The van der Waals surface area contributed by atoms with Gasteiger partial charge < -0.3 is 14.6 Å². The quantitative estimate of drug-likeness (QED) is 0.875. The Bertz CT molecular complexity index is 646. The van der Waals surface area contributed by atoms with Gasteiger partial charge in [-0.25, -0.2) is 9.97 Å². The van der Waals surface area contributed by atoms with Crippen LogP contribution in [0.15, 0.2) is 27.7 Å². The van der Waals surface area contributed by atoms with Gasteiger partial charge in [0, 0.05) is 32.3 Å². The number of ether oxygens (including phenoxy) is 1. The number of hydrogen-bond donors (Lipinski definition) is 1. The molecule has 1 N–H and O–H groups in total. The molecule has 0 unspecified atom stereocenters. The molecular formula is C12H14BrN5O2. The van der Waals surface area contributed by atoms with E-state index in [1.807, 2.05) is 11.9 Å². The molecule has 0 bridgehead atoms. The van der Waals surface area contributed by atoms with Crippen LogP contribution in [0.2, 0.25) is 0 Å². The molecule has 0 aliphatic heterocycles. The molecule has 0 aromatic carbocycles. The fourth-order valence-corrected chi connectivity index (χ4v) is 2.12. The van der Waals surface area contributed by atoms with Crippen molar-refractivity contribution in [2.75, 3.05) is 25.6 Å². The second-order valence-corrected chi connectivity index (χ2v) is 4.93. The lowest BCUT2D eigenvalue weighted by atomic mass is 10.3. The van der Waals surface area contributed by atoms with Crippen LogP contribution in [0.4, 0.5) is 5.82 Å². The highest BCUT2D eigenvalue weighted by Gasteiger charge is 2.10. The maximum Gasteiger partial charge on any atom is 0.318 e. The summed E-state index contributed by atoms with van der Waals surface area (Å²) in [5.74, 6) is 1.36. The first-order chi connectivity index (χ1) is 9.60. The largest absolute Gasteiger partial charge is 0.467 e. The summed E-state index contributed by atoms with van der Waals surface area (Å²) in [5, 5.41) is 0. The van der Waals surface area contributed by atoms with E-state index >= 15 is 0 Å². The molecule has 2 aromatic rings. The van der Waals surface area contributed by atoms with Crippen molar-refractivity contribution in [3.05, 3.63) is 39.1 Å². The summed E-state index contributed by atoms with van der Waals surface area (Å²) in [5.41, 5.74) is -0.150. The molecule has 20 heavy (non-hydrogen) atoms. The van der Waals surface area contributed by atoms with Crippen LogP contribution in [-0.2, 0) is 6.42 Å². The van der Waals surface area contributed by atoms with Gasteiger partial charge in [0.05, 0.1) is 17.8 Å². The van der Waals surface area contributed by atoms with E-state index in [2.05, 4.69) is 35.9 Å². The number of halogens is 1. The number of nitrogens with zero attached hydrogens (tertiary/aromatic N) is 4. The third-order valence-corrected chi connectivity index (χ3v) is 3.21. The lowest BCUT2D eigenvalue weighted by Crippen LogP contribution is -2.23. The number of rotatable bonds is 5. The number of anilines is 1. The van der Waals surface area contributed by atoms with E-state index in [0.717, 1.165) is 10.3 Å². The molecule has 0 atom stereocenters. The lowest BCUT2D eigenvalue weighted by Gasteiger charge is -2.19. The topological polar surface area (TPSA) is 84.0 Å². The minimum absolute atomic E-state index is 0.150. The van der Waals surface area contributed by atoms with Crippen LogP contribution >= 0.6 is 15.9 Å². The number of nitrogens with one attached hydrogen (secondary N) is 1. The standard InChI is InChI=1S/C12H14BrN5O2/c1-18(6-4-9-14-5-3-10(19)16-9)11-8(13)7-15-12(17-11)20-2/h3,5,7H,4,6H2,1-2H3,(H,14,16,19). The molecule has 2 rings (SSSR count). The molecule has 0 saturated carbocycles. The van der Waals surface area contributed by atoms with E-state index in [0.29, 0.717) is 24.8 Å². The zero-order valence-corrected chi connectivity index (χ0v) is 12.7. The van der Waals surface area contributed by atoms with Gasteiger partial charge in [0.1, 0.15) is 11.6 Å². The van der Waals surface area contributed by atoms with Crippen molar-refractivity contribution in [1.29, 1.82) is 0 Å². The maximum absolute atomic E-state index is 11.2. The average Bonchev–Trinajstić information content (AvgIpc) is 2.45. The first-order valence-corrected chi connectivity index (χ1v) is 6.71. The Hall–Kier alpha value is -1.96. The van der Waals surface area contributed by atoms with Crippen molar-refractivity contribution in [3.8, 4) is 6.01 Å². The minimum Gasteiger partial charge on any atom is -0.467 e. The fourth-order valence-electron chi connectivity index (χ4n) is 1.63. The van der Waals surface area contributed by atoms with Gasteiger partial charge in [-0.05, 0) is 15.9 Å². The molecule has 2 aromatic heterocycles. The molecule has 0 saturated heterocycles. The Kier molecular flexibility index (Phi) is 4.67. The Labute approximate surface area is 124 Å². The van der Waals surface area contributed by atoms with Gasteiger partial charge in [-0.3, -0.25) is 4.79 Å². The predicted molar refractivity (Wildman–Crippen MR) is 78.1 cm³/mol. The number of aromatic nitrogens is 4. The van der Waals surface area contributed by atoms with Crippen LogP contribution in [0.1, 0.15) is 5.82 Å². The molecule has 7 nitrogen and oxygen atoms in total. The highest BCUT2D eigenvalue weighted by atomic mass is 79.9. The number of aromatic amines is 1. The highest BCUT2D eigenvalue weighted by Crippen LogP contribution is 2.23. The number of methoxy groups -OCH3 is 1. The molecule has 0 amide bonds. The third kappa shape index (κ3) is 3.53. The van der Waals surface area contributed by atoms with Crippen LogP contribution in [0.5, 0.6) is 6.01 Å². The number of hydrogen-bond acceptors (Lipinski definition) is 6. The predicted octanol–water partition coefficient (Wildman–Crippen LogP) is 1.01. The Morgan fingerprint density at radius 1 is 1.45 bits per heavy atom. The van der Waals surface area contributed by atoms with Crippen LogP contribution in [0, 0.1) is 0 Å². The molecule has 106 valence electrons. The summed E-state index contributed by atoms with van der Waals surface area (Å²) < 4.78 is 5.78. The highest BCUT2D eigenvalue weighted by molar-refractivity contribution is 9.10. The monoisotopic (exact) mass is 339 g/mol. The van der Waals surface area contributed by atoms with E-state index < -0.39 is 0 Å². The molecule has 8 heteroatoms. The van der Waals surface area contributed by atoms with Crippen molar-refractivity contribution < 1.29 is 4.74 Å². The van der Waals surface area contributed by atoms with E-state index in [1.165, 1.54) is 19.4 Å². The zero-order chi connectivity index (χ0) is 14.5. The van der Waals surface area contributed by atoms with E-state index in [1.54, 1.807) is 6.20 Å². The molecule has 2 heterocycles. The third-order valence-electron chi connectivity index (χ3n) is 2.66. The van der Waals surface area contributed by atoms with Crippen molar-refractivity contribution >= 4 is 21.7 Å². The summed E-state index contributed by atoms with van der Waals surface area (Å²) in [6.07, 6.45) is 3.74. The molecule has 0 aliphatic carbocycles. The Balaban J connectivity index is 2.08. The first-order valence-electron chi connectivity index (χ1n) is 5.92. The van der Waals surface area contributed by atoms with Gasteiger partial charge in [0.25, 0.3) is 5.56 Å². The Morgan fingerprint density at radius 2 is 2.25 bits per heavy atom. The smallest absolute Gasteiger partial charge is 0.318 e. The van der Waals surface area contributed by atoms with Crippen molar-refractivity contribution in [2.45, 2.75) is 6.42 Å². The van der Waals surface area contributed by atoms with E-state index in [4.69, 9.17) is 4.74 Å². The van der Waals surface area contributed by atoms with Gasteiger partial charge in [-0.1, -0.05) is 0 Å². The zero-order valence-electron chi connectivity index (χ0n) is 11.1. The molecular weight excluding hydrogens is 326 g/mol.